The van der Waals surface area contributed by atoms with E-state index in [-0.39, 0.29) is 4.83 Å². The second-order valence-electron chi connectivity index (χ2n) is 3.91. The van der Waals surface area contributed by atoms with E-state index in [0.29, 0.717) is 0 Å². The predicted molar refractivity (Wildman–Crippen MR) is 76.8 cm³/mol. The van der Waals surface area contributed by atoms with Gasteiger partial charge < -0.3 is 9.47 Å². The molecule has 94 valence electrons. The van der Waals surface area contributed by atoms with Crippen molar-refractivity contribution < 1.29 is 9.47 Å². The van der Waals surface area contributed by atoms with E-state index in [2.05, 4.69) is 34.1 Å². The van der Waals surface area contributed by atoms with Crippen molar-refractivity contribution in [3.63, 3.8) is 0 Å². The van der Waals surface area contributed by atoms with Crippen LogP contribution in [0.4, 0.5) is 0 Å². The summed E-state index contributed by atoms with van der Waals surface area (Å²) < 4.78 is 10.4. The minimum absolute atomic E-state index is 0.151. The van der Waals surface area contributed by atoms with Gasteiger partial charge in [0.05, 0.1) is 19.0 Å². The lowest BCUT2D eigenvalue weighted by atomic mass is 10.0. The van der Waals surface area contributed by atoms with E-state index in [4.69, 9.17) is 9.47 Å². The Morgan fingerprint density at radius 1 is 0.833 bits per heavy atom. The maximum absolute atomic E-state index is 5.24. The molecular formula is C15H15BrO2. The Labute approximate surface area is 116 Å². The van der Waals surface area contributed by atoms with E-state index in [0.717, 1.165) is 11.5 Å². The first kappa shape index (κ1) is 13.0. The molecule has 0 radical (unpaired) electrons. The second kappa shape index (κ2) is 5.91. The van der Waals surface area contributed by atoms with Gasteiger partial charge in [-0.3, -0.25) is 0 Å². The summed E-state index contributed by atoms with van der Waals surface area (Å²) in [5.41, 5.74) is 2.35. The van der Waals surface area contributed by atoms with E-state index in [1.807, 2.05) is 30.3 Å². The molecule has 2 aromatic rings. The standard InChI is InChI=1S/C15H15BrO2/c1-17-13-8-6-11(7-9-13)15(16)12-4-3-5-14(10-12)18-2/h3-10,15H,1-2H3. The summed E-state index contributed by atoms with van der Waals surface area (Å²) in [6, 6.07) is 16.1. The lowest BCUT2D eigenvalue weighted by Crippen LogP contribution is -1.94. The van der Waals surface area contributed by atoms with E-state index in [1.165, 1.54) is 11.1 Å². The molecule has 18 heavy (non-hydrogen) atoms. The first-order chi connectivity index (χ1) is 8.74. The zero-order valence-electron chi connectivity index (χ0n) is 10.4. The summed E-state index contributed by atoms with van der Waals surface area (Å²) in [6.45, 7) is 0. The van der Waals surface area contributed by atoms with Crippen molar-refractivity contribution in [1.82, 2.24) is 0 Å². The summed E-state index contributed by atoms with van der Waals surface area (Å²) >= 11 is 3.71. The molecule has 3 heteroatoms. The van der Waals surface area contributed by atoms with Crippen LogP contribution < -0.4 is 9.47 Å². The number of alkyl halides is 1. The van der Waals surface area contributed by atoms with Gasteiger partial charge in [0.25, 0.3) is 0 Å². The average molecular weight is 307 g/mol. The molecule has 0 spiro atoms. The Morgan fingerprint density at radius 2 is 1.50 bits per heavy atom. The van der Waals surface area contributed by atoms with Crippen LogP contribution in [0.2, 0.25) is 0 Å². The van der Waals surface area contributed by atoms with Crippen molar-refractivity contribution in [2.75, 3.05) is 14.2 Å². The highest BCUT2D eigenvalue weighted by molar-refractivity contribution is 9.09. The third-order valence-electron chi connectivity index (χ3n) is 2.79. The van der Waals surface area contributed by atoms with Gasteiger partial charge in [-0.25, -0.2) is 0 Å². The van der Waals surface area contributed by atoms with Crippen LogP contribution in [0.25, 0.3) is 0 Å². The molecule has 0 aliphatic heterocycles. The van der Waals surface area contributed by atoms with E-state index in [9.17, 15) is 0 Å². The normalized spacial score (nSPS) is 11.9. The molecule has 0 aromatic heterocycles. The van der Waals surface area contributed by atoms with Gasteiger partial charge in [-0.1, -0.05) is 40.2 Å². The van der Waals surface area contributed by atoms with Gasteiger partial charge in [-0.15, -0.1) is 0 Å². The van der Waals surface area contributed by atoms with Crippen molar-refractivity contribution in [3.05, 3.63) is 59.7 Å². The Bertz CT molecular complexity index is 508. The fourth-order valence-corrected chi connectivity index (χ4v) is 2.35. The average Bonchev–Trinajstić information content (AvgIpc) is 2.46. The zero-order valence-corrected chi connectivity index (χ0v) is 12.0. The number of ether oxygens (including phenoxy) is 2. The van der Waals surface area contributed by atoms with Crippen molar-refractivity contribution in [1.29, 1.82) is 0 Å². The molecule has 2 nitrogen and oxygen atoms in total. The largest absolute Gasteiger partial charge is 0.497 e. The molecule has 0 heterocycles. The Morgan fingerprint density at radius 3 is 2.11 bits per heavy atom. The molecule has 0 aliphatic carbocycles. The highest BCUT2D eigenvalue weighted by Gasteiger charge is 2.10. The Balaban J connectivity index is 2.25. The molecule has 1 atom stereocenters. The molecule has 0 fully saturated rings. The van der Waals surface area contributed by atoms with Crippen molar-refractivity contribution >= 4 is 15.9 Å². The van der Waals surface area contributed by atoms with Crippen LogP contribution in [0.3, 0.4) is 0 Å². The summed E-state index contributed by atoms with van der Waals surface area (Å²) in [6.07, 6.45) is 0. The van der Waals surface area contributed by atoms with Crippen LogP contribution >= 0.6 is 15.9 Å². The minimum Gasteiger partial charge on any atom is -0.497 e. The number of benzene rings is 2. The van der Waals surface area contributed by atoms with E-state index in [1.54, 1.807) is 14.2 Å². The monoisotopic (exact) mass is 306 g/mol. The van der Waals surface area contributed by atoms with Crippen LogP contribution in [0.1, 0.15) is 16.0 Å². The molecule has 1 unspecified atom stereocenters. The lowest BCUT2D eigenvalue weighted by Gasteiger charge is -2.12. The molecule has 0 saturated carbocycles. The van der Waals surface area contributed by atoms with Gasteiger partial charge in [-0.2, -0.15) is 0 Å². The molecule has 2 rings (SSSR count). The topological polar surface area (TPSA) is 18.5 Å². The van der Waals surface area contributed by atoms with Crippen LogP contribution in [0.5, 0.6) is 11.5 Å². The second-order valence-corrected chi connectivity index (χ2v) is 4.83. The smallest absolute Gasteiger partial charge is 0.119 e. The Hall–Kier alpha value is -1.48. The number of hydrogen-bond acceptors (Lipinski definition) is 2. The summed E-state index contributed by atoms with van der Waals surface area (Å²) in [7, 11) is 3.35. The molecule has 0 N–H and O–H groups in total. The highest BCUT2D eigenvalue weighted by Crippen LogP contribution is 2.33. The van der Waals surface area contributed by atoms with Gasteiger partial charge in [0.1, 0.15) is 11.5 Å². The Kier molecular flexibility index (Phi) is 4.26. The summed E-state index contributed by atoms with van der Waals surface area (Å²) in [4.78, 5) is 0.151. The first-order valence-corrected chi connectivity index (χ1v) is 6.58. The maximum atomic E-state index is 5.24. The fraction of sp³-hybridized carbons (Fsp3) is 0.200. The molecule has 0 saturated heterocycles. The fourth-order valence-electron chi connectivity index (χ4n) is 1.76. The van der Waals surface area contributed by atoms with Crippen molar-refractivity contribution in [2.45, 2.75) is 4.83 Å². The van der Waals surface area contributed by atoms with Crippen LogP contribution in [0, 0.1) is 0 Å². The van der Waals surface area contributed by atoms with Gasteiger partial charge in [0.2, 0.25) is 0 Å². The summed E-state index contributed by atoms with van der Waals surface area (Å²) in [5, 5.41) is 0. The lowest BCUT2D eigenvalue weighted by molar-refractivity contribution is 0.414. The number of methoxy groups -OCH3 is 2. The first-order valence-electron chi connectivity index (χ1n) is 5.66. The van der Waals surface area contributed by atoms with Crippen molar-refractivity contribution in [2.24, 2.45) is 0 Å². The summed E-state index contributed by atoms with van der Waals surface area (Å²) in [5.74, 6) is 1.73. The van der Waals surface area contributed by atoms with Gasteiger partial charge in [0.15, 0.2) is 0 Å². The third-order valence-corrected chi connectivity index (χ3v) is 3.85. The third kappa shape index (κ3) is 2.85. The van der Waals surface area contributed by atoms with Crippen LogP contribution in [-0.2, 0) is 0 Å². The zero-order chi connectivity index (χ0) is 13.0. The van der Waals surface area contributed by atoms with Gasteiger partial charge in [-0.05, 0) is 35.4 Å². The van der Waals surface area contributed by atoms with E-state index < -0.39 is 0 Å². The SMILES string of the molecule is COc1ccc(C(Br)c2cccc(OC)c2)cc1. The molecular weight excluding hydrogens is 292 g/mol. The number of hydrogen-bond donors (Lipinski definition) is 0. The minimum atomic E-state index is 0.151. The van der Waals surface area contributed by atoms with E-state index >= 15 is 0 Å². The van der Waals surface area contributed by atoms with Crippen LogP contribution in [0.15, 0.2) is 48.5 Å². The van der Waals surface area contributed by atoms with Crippen molar-refractivity contribution in [3.8, 4) is 11.5 Å². The molecule has 0 bridgehead atoms. The van der Waals surface area contributed by atoms with Crippen LogP contribution in [-0.4, -0.2) is 14.2 Å². The van der Waals surface area contributed by atoms with Gasteiger partial charge in [0, 0.05) is 0 Å². The number of rotatable bonds is 4. The molecule has 2 aromatic carbocycles. The quantitative estimate of drug-likeness (QED) is 0.789. The number of halogens is 1. The molecule has 0 aliphatic rings. The molecule has 0 amide bonds. The maximum Gasteiger partial charge on any atom is 0.119 e. The van der Waals surface area contributed by atoms with Gasteiger partial charge >= 0.3 is 0 Å². The predicted octanol–water partition coefficient (Wildman–Crippen LogP) is 4.19. The highest BCUT2D eigenvalue weighted by atomic mass is 79.9.